The van der Waals surface area contributed by atoms with Crippen LogP contribution in [0.3, 0.4) is 0 Å². The number of amides is 1. The molecule has 0 spiro atoms. The normalized spacial score (nSPS) is 14.5. The quantitative estimate of drug-likeness (QED) is 0.623. The molecule has 0 atom stereocenters. The molecule has 3 rings (SSSR count). The molecule has 0 saturated carbocycles. The van der Waals surface area contributed by atoms with Gasteiger partial charge in [0.2, 0.25) is 0 Å². The van der Waals surface area contributed by atoms with E-state index in [1.807, 2.05) is 6.07 Å². The number of carbonyl (C=O) groups excluding carboxylic acids is 1. The van der Waals surface area contributed by atoms with Crippen LogP contribution in [-0.2, 0) is 12.8 Å². The SMILES string of the molecule is C=C(C=N/C=C(\C)N1CCc2cc(Cl)ccc2C1=O)Cc1cc(F)ccc1F. The minimum absolute atomic E-state index is 0.0949. The Labute approximate surface area is 167 Å². The smallest absolute Gasteiger partial charge is 0.258 e. The third-order valence-electron chi connectivity index (χ3n) is 4.52. The van der Waals surface area contributed by atoms with E-state index < -0.39 is 11.6 Å². The number of rotatable bonds is 5. The summed E-state index contributed by atoms with van der Waals surface area (Å²) in [6.45, 7) is 6.16. The van der Waals surface area contributed by atoms with Gasteiger partial charge in [-0.15, -0.1) is 0 Å². The summed E-state index contributed by atoms with van der Waals surface area (Å²) in [4.78, 5) is 18.5. The summed E-state index contributed by atoms with van der Waals surface area (Å²) in [7, 11) is 0. The maximum absolute atomic E-state index is 13.7. The van der Waals surface area contributed by atoms with Crippen LogP contribution < -0.4 is 0 Å². The van der Waals surface area contributed by atoms with Gasteiger partial charge in [0.25, 0.3) is 5.91 Å². The number of benzene rings is 2. The number of allylic oxidation sites excluding steroid dienone is 2. The van der Waals surface area contributed by atoms with Gasteiger partial charge in [-0.05, 0) is 66.4 Å². The molecule has 6 heteroatoms. The van der Waals surface area contributed by atoms with Crippen molar-refractivity contribution in [1.82, 2.24) is 4.90 Å². The highest BCUT2D eigenvalue weighted by atomic mass is 35.5. The zero-order chi connectivity index (χ0) is 20.3. The zero-order valence-electron chi connectivity index (χ0n) is 15.4. The Morgan fingerprint density at radius 3 is 2.86 bits per heavy atom. The summed E-state index contributed by atoms with van der Waals surface area (Å²) in [5, 5.41) is 0.616. The molecule has 1 amide bonds. The van der Waals surface area contributed by atoms with Crippen molar-refractivity contribution in [2.45, 2.75) is 19.8 Å². The fraction of sp³-hybridized carbons (Fsp3) is 0.182. The number of hydrogen-bond donors (Lipinski definition) is 0. The number of nitrogens with zero attached hydrogens (tertiary/aromatic N) is 2. The van der Waals surface area contributed by atoms with Gasteiger partial charge in [-0.2, -0.15) is 0 Å². The summed E-state index contributed by atoms with van der Waals surface area (Å²) in [6.07, 6.45) is 3.90. The highest BCUT2D eigenvalue weighted by Crippen LogP contribution is 2.24. The predicted octanol–water partition coefficient (Wildman–Crippen LogP) is 5.35. The minimum Gasteiger partial charge on any atom is -0.311 e. The largest absolute Gasteiger partial charge is 0.311 e. The topological polar surface area (TPSA) is 32.7 Å². The molecule has 0 aromatic heterocycles. The van der Waals surface area contributed by atoms with Crippen molar-refractivity contribution in [3.8, 4) is 0 Å². The molecule has 0 N–H and O–H groups in total. The van der Waals surface area contributed by atoms with Crippen molar-refractivity contribution in [2.24, 2.45) is 4.99 Å². The van der Waals surface area contributed by atoms with Crippen LogP contribution in [0.1, 0.15) is 28.4 Å². The van der Waals surface area contributed by atoms with Gasteiger partial charge >= 0.3 is 0 Å². The average Bonchev–Trinajstić information content (AvgIpc) is 2.64. The van der Waals surface area contributed by atoms with Crippen LogP contribution in [0.2, 0.25) is 5.02 Å². The number of hydrogen-bond acceptors (Lipinski definition) is 2. The first kappa shape index (κ1) is 20.0. The van der Waals surface area contributed by atoms with E-state index in [1.54, 1.807) is 30.2 Å². The first-order valence-electron chi connectivity index (χ1n) is 8.77. The molecule has 1 heterocycles. The fourth-order valence-electron chi connectivity index (χ4n) is 3.08. The van der Waals surface area contributed by atoms with Crippen molar-refractivity contribution in [3.05, 3.63) is 93.8 Å². The molecule has 0 radical (unpaired) electrons. The van der Waals surface area contributed by atoms with E-state index >= 15 is 0 Å². The molecular formula is C22H19ClF2N2O. The molecule has 2 aromatic rings. The maximum atomic E-state index is 13.7. The van der Waals surface area contributed by atoms with Gasteiger partial charge in [0.15, 0.2) is 0 Å². The summed E-state index contributed by atoms with van der Waals surface area (Å²) in [5.74, 6) is -1.08. The Kier molecular flexibility index (Phi) is 6.05. The Hall–Kier alpha value is -2.79. The van der Waals surface area contributed by atoms with E-state index in [9.17, 15) is 13.6 Å². The van der Waals surface area contributed by atoms with Crippen molar-refractivity contribution < 1.29 is 13.6 Å². The van der Waals surface area contributed by atoms with Crippen molar-refractivity contribution >= 4 is 23.7 Å². The standard InChI is InChI=1S/C22H19ClF2N2O/c1-14(9-17-11-19(24)4-6-21(17)25)12-26-13-15(2)27-8-7-16-10-18(23)3-5-20(16)22(27)28/h3-6,10-13H,1,7-9H2,2H3/b15-13+,26-12?. The Balaban J connectivity index is 1.67. The van der Waals surface area contributed by atoms with Crippen LogP contribution in [0.4, 0.5) is 8.78 Å². The summed E-state index contributed by atoms with van der Waals surface area (Å²) >= 11 is 5.99. The molecule has 0 saturated heterocycles. The van der Waals surface area contributed by atoms with E-state index in [-0.39, 0.29) is 17.9 Å². The van der Waals surface area contributed by atoms with Crippen LogP contribution in [0.25, 0.3) is 0 Å². The zero-order valence-corrected chi connectivity index (χ0v) is 16.1. The van der Waals surface area contributed by atoms with Crippen LogP contribution in [0.5, 0.6) is 0 Å². The molecule has 3 nitrogen and oxygen atoms in total. The lowest BCUT2D eigenvalue weighted by Gasteiger charge is -2.28. The minimum atomic E-state index is -0.498. The molecule has 1 aliphatic heterocycles. The van der Waals surface area contributed by atoms with E-state index in [4.69, 9.17) is 11.6 Å². The molecule has 0 unspecified atom stereocenters. The number of fused-ring (bicyclic) bond motifs is 1. The third kappa shape index (κ3) is 4.54. The Bertz CT molecular complexity index is 998. The monoisotopic (exact) mass is 400 g/mol. The summed E-state index contributed by atoms with van der Waals surface area (Å²) in [5.41, 5.74) is 3.01. The Morgan fingerprint density at radius 1 is 1.29 bits per heavy atom. The van der Waals surface area contributed by atoms with Gasteiger partial charge in [0.05, 0.1) is 0 Å². The van der Waals surface area contributed by atoms with E-state index in [1.165, 1.54) is 6.21 Å². The second-order valence-electron chi connectivity index (χ2n) is 6.63. The third-order valence-corrected chi connectivity index (χ3v) is 4.75. The highest BCUT2D eigenvalue weighted by molar-refractivity contribution is 6.30. The molecule has 0 fully saturated rings. The summed E-state index contributed by atoms with van der Waals surface area (Å²) in [6, 6.07) is 8.56. The fourth-order valence-corrected chi connectivity index (χ4v) is 3.28. The molecule has 2 aromatic carbocycles. The first-order chi connectivity index (χ1) is 13.3. The van der Waals surface area contributed by atoms with Crippen molar-refractivity contribution in [3.63, 3.8) is 0 Å². The molecule has 144 valence electrons. The molecule has 0 aliphatic carbocycles. The van der Waals surface area contributed by atoms with Crippen molar-refractivity contribution in [2.75, 3.05) is 6.54 Å². The maximum Gasteiger partial charge on any atom is 0.258 e. The highest BCUT2D eigenvalue weighted by Gasteiger charge is 2.25. The lowest BCUT2D eigenvalue weighted by atomic mass is 9.99. The van der Waals surface area contributed by atoms with Gasteiger partial charge in [-0.25, -0.2) is 8.78 Å². The van der Waals surface area contributed by atoms with Gasteiger partial charge in [-0.3, -0.25) is 9.79 Å². The number of halogens is 3. The first-order valence-corrected chi connectivity index (χ1v) is 9.15. The summed E-state index contributed by atoms with van der Waals surface area (Å²) < 4.78 is 26.9. The van der Waals surface area contributed by atoms with Gasteiger partial charge in [-0.1, -0.05) is 18.2 Å². The van der Waals surface area contributed by atoms with Crippen LogP contribution >= 0.6 is 11.6 Å². The average molecular weight is 401 g/mol. The van der Waals surface area contributed by atoms with Gasteiger partial charge in [0.1, 0.15) is 11.6 Å². The second-order valence-corrected chi connectivity index (χ2v) is 7.06. The molecule has 1 aliphatic rings. The molecule has 0 bridgehead atoms. The van der Waals surface area contributed by atoms with Crippen LogP contribution in [0.15, 0.2) is 65.4 Å². The van der Waals surface area contributed by atoms with Crippen LogP contribution in [-0.4, -0.2) is 23.6 Å². The lowest BCUT2D eigenvalue weighted by molar-refractivity contribution is 0.0792. The van der Waals surface area contributed by atoms with Gasteiger partial charge in [0, 0.05) is 41.7 Å². The van der Waals surface area contributed by atoms with Crippen molar-refractivity contribution in [1.29, 1.82) is 0 Å². The molecular weight excluding hydrogens is 382 g/mol. The predicted molar refractivity (Wildman–Crippen MR) is 108 cm³/mol. The van der Waals surface area contributed by atoms with Gasteiger partial charge < -0.3 is 4.90 Å². The van der Waals surface area contributed by atoms with E-state index in [2.05, 4.69) is 11.6 Å². The molecule has 28 heavy (non-hydrogen) atoms. The number of aliphatic imine (C=N–C) groups is 1. The lowest BCUT2D eigenvalue weighted by Crippen LogP contribution is -2.36. The van der Waals surface area contributed by atoms with E-state index in [0.29, 0.717) is 34.8 Å². The Morgan fingerprint density at radius 2 is 2.07 bits per heavy atom. The van der Waals surface area contributed by atoms with Crippen LogP contribution in [0, 0.1) is 11.6 Å². The number of carbonyl (C=O) groups is 1. The second kappa shape index (κ2) is 8.48. The van der Waals surface area contributed by atoms with E-state index in [0.717, 1.165) is 23.8 Å².